The highest BCUT2D eigenvalue weighted by atomic mass is 79.9. The van der Waals surface area contributed by atoms with Crippen LogP contribution in [0, 0.1) is 0 Å². The summed E-state index contributed by atoms with van der Waals surface area (Å²) >= 11 is 9.13. The molecule has 0 unspecified atom stereocenters. The second-order valence-electron chi connectivity index (χ2n) is 3.87. The molecule has 0 spiro atoms. The van der Waals surface area contributed by atoms with Crippen LogP contribution in [0.1, 0.15) is 0 Å². The van der Waals surface area contributed by atoms with Crippen LogP contribution in [0.4, 0.5) is 11.4 Å². The minimum atomic E-state index is -3.78. The number of nitrogens with one attached hydrogen (secondary N) is 2. The standard InChI is InChI=1S/C12H11BrClN3O2S/c13-9-6-5-8(14)7-11(9)17-20(18,19)12-4-2-1-3-10(12)16-15/h1-7,16-17H,15H2. The van der Waals surface area contributed by atoms with Gasteiger partial charge in [0.15, 0.2) is 0 Å². The predicted octanol–water partition coefficient (Wildman–Crippen LogP) is 3.19. The van der Waals surface area contributed by atoms with Crippen molar-refractivity contribution in [1.82, 2.24) is 0 Å². The summed E-state index contributed by atoms with van der Waals surface area (Å²) < 4.78 is 27.8. The van der Waals surface area contributed by atoms with Crippen LogP contribution in [-0.4, -0.2) is 8.42 Å². The first-order valence-corrected chi connectivity index (χ1v) is 8.13. The number of halogens is 2. The molecule has 8 heteroatoms. The zero-order valence-corrected chi connectivity index (χ0v) is 13.3. The molecule has 0 saturated heterocycles. The average molecular weight is 377 g/mol. The van der Waals surface area contributed by atoms with Gasteiger partial charge in [0.2, 0.25) is 0 Å². The summed E-state index contributed by atoms with van der Waals surface area (Å²) in [6.45, 7) is 0. The molecule has 4 N–H and O–H groups in total. The third-order valence-electron chi connectivity index (χ3n) is 2.50. The fraction of sp³-hybridized carbons (Fsp3) is 0. The molecule has 0 heterocycles. The Bertz CT molecular complexity index is 737. The molecule has 2 aromatic rings. The van der Waals surface area contributed by atoms with Crippen molar-refractivity contribution in [1.29, 1.82) is 0 Å². The molecule has 106 valence electrons. The summed E-state index contributed by atoms with van der Waals surface area (Å²) in [5.74, 6) is 5.32. The van der Waals surface area contributed by atoms with Gasteiger partial charge in [-0.05, 0) is 46.3 Å². The zero-order valence-electron chi connectivity index (χ0n) is 10.1. The summed E-state index contributed by atoms with van der Waals surface area (Å²) in [6.07, 6.45) is 0. The van der Waals surface area contributed by atoms with Gasteiger partial charge >= 0.3 is 0 Å². The third-order valence-corrected chi connectivity index (χ3v) is 4.86. The first-order chi connectivity index (χ1) is 9.44. The van der Waals surface area contributed by atoms with Crippen LogP contribution < -0.4 is 16.0 Å². The average Bonchev–Trinajstić information content (AvgIpc) is 2.42. The molecule has 0 aliphatic rings. The van der Waals surface area contributed by atoms with E-state index in [-0.39, 0.29) is 4.90 Å². The van der Waals surface area contributed by atoms with Crippen molar-refractivity contribution in [3.8, 4) is 0 Å². The van der Waals surface area contributed by atoms with E-state index in [0.717, 1.165) is 0 Å². The molecule has 5 nitrogen and oxygen atoms in total. The monoisotopic (exact) mass is 375 g/mol. The van der Waals surface area contributed by atoms with E-state index in [2.05, 4.69) is 26.1 Å². The lowest BCUT2D eigenvalue weighted by atomic mass is 10.3. The van der Waals surface area contributed by atoms with Gasteiger partial charge in [-0.3, -0.25) is 10.6 Å². The molecule has 20 heavy (non-hydrogen) atoms. The number of benzene rings is 2. The van der Waals surface area contributed by atoms with Crippen LogP contribution in [0.3, 0.4) is 0 Å². The summed E-state index contributed by atoms with van der Waals surface area (Å²) in [7, 11) is -3.78. The van der Waals surface area contributed by atoms with Crippen molar-refractivity contribution in [2.24, 2.45) is 5.84 Å². The van der Waals surface area contributed by atoms with Crippen molar-refractivity contribution in [2.45, 2.75) is 4.90 Å². The highest BCUT2D eigenvalue weighted by molar-refractivity contribution is 9.10. The summed E-state index contributed by atoms with van der Waals surface area (Å²) in [5, 5.41) is 0.427. The lowest BCUT2D eigenvalue weighted by molar-refractivity contribution is 0.601. The van der Waals surface area contributed by atoms with E-state index in [1.54, 1.807) is 30.3 Å². The maximum atomic E-state index is 12.4. The number of nitrogens with two attached hydrogens (primary N) is 1. The van der Waals surface area contributed by atoms with Crippen LogP contribution in [-0.2, 0) is 10.0 Å². The Labute approximate surface area is 130 Å². The molecule has 0 aliphatic heterocycles. The Morgan fingerprint density at radius 1 is 1.10 bits per heavy atom. The lowest BCUT2D eigenvalue weighted by Crippen LogP contribution is -2.17. The van der Waals surface area contributed by atoms with Gasteiger partial charge < -0.3 is 5.43 Å². The van der Waals surface area contributed by atoms with Gasteiger partial charge in [-0.1, -0.05) is 23.7 Å². The Kier molecular flexibility index (Phi) is 4.54. The Morgan fingerprint density at radius 2 is 1.80 bits per heavy atom. The van der Waals surface area contributed by atoms with E-state index < -0.39 is 10.0 Å². The van der Waals surface area contributed by atoms with E-state index in [1.165, 1.54) is 12.1 Å². The van der Waals surface area contributed by atoms with Crippen LogP contribution in [0.15, 0.2) is 51.8 Å². The summed E-state index contributed by atoms with van der Waals surface area (Å²) in [4.78, 5) is 0.0503. The molecule has 0 aliphatic carbocycles. The van der Waals surface area contributed by atoms with Crippen LogP contribution in [0.2, 0.25) is 5.02 Å². The van der Waals surface area contributed by atoms with Crippen molar-refractivity contribution in [3.63, 3.8) is 0 Å². The highest BCUT2D eigenvalue weighted by Gasteiger charge is 2.19. The second kappa shape index (κ2) is 6.01. The fourth-order valence-electron chi connectivity index (χ4n) is 1.60. The quantitative estimate of drug-likeness (QED) is 0.565. The maximum absolute atomic E-state index is 12.4. The largest absolute Gasteiger partial charge is 0.323 e. The molecule has 0 aromatic heterocycles. The van der Waals surface area contributed by atoms with Crippen molar-refractivity contribution >= 4 is 48.9 Å². The number of hydrazine groups is 1. The lowest BCUT2D eigenvalue weighted by Gasteiger charge is -2.13. The van der Waals surface area contributed by atoms with Crippen molar-refractivity contribution in [2.75, 3.05) is 10.1 Å². The third kappa shape index (κ3) is 3.24. The first-order valence-electron chi connectivity index (χ1n) is 5.47. The molecule has 0 bridgehead atoms. The smallest absolute Gasteiger partial charge is 0.264 e. The van der Waals surface area contributed by atoms with Crippen LogP contribution in [0.25, 0.3) is 0 Å². The molecule has 0 atom stereocenters. The van der Waals surface area contributed by atoms with Crippen LogP contribution in [0.5, 0.6) is 0 Å². The second-order valence-corrected chi connectivity index (χ2v) is 6.81. The molecular weight excluding hydrogens is 366 g/mol. The molecular formula is C12H11BrClN3O2S. The Balaban J connectivity index is 2.43. The molecule has 0 saturated carbocycles. The van der Waals surface area contributed by atoms with Gasteiger partial charge in [-0.15, -0.1) is 0 Å². The van der Waals surface area contributed by atoms with E-state index in [4.69, 9.17) is 17.4 Å². The number of sulfonamides is 1. The number of nitrogen functional groups attached to an aromatic ring is 1. The number of anilines is 2. The SMILES string of the molecule is NNc1ccccc1S(=O)(=O)Nc1cc(Cl)ccc1Br. The fourth-order valence-corrected chi connectivity index (χ4v) is 3.49. The minimum Gasteiger partial charge on any atom is -0.323 e. The van der Waals surface area contributed by atoms with E-state index >= 15 is 0 Å². The predicted molar refractivity (Wildman–Crippen MR) is 84.2 cm³/mol. The Morgan fingerprint density at radius 3 is 2.50 bits per heavy atom. The highest BCUT2D eigenvalue weighted by Crippen LogP contribution is 2.29. The number of rotatable bonds is 4. The summed E-state index contributed by atoms with van der Waals surface area (Å²) in [6, 6.07) is 11.2. The van der Waals surface area contributed by atoms with E-state index in [9.17, 15) is 8.42 Å². The topological polar surface area (TPSA) is 84.2 Å². The van der Waals surface area contributed by atoms with Gasteiger partial charge in [0.25, 0.3) is 10.0 Å². The maximum Gasteiger partial charge on any atom is 0.264 e. The number of hydrogen-bond donors (Lipinski definition) is 3. The van der Waals surface area contributed by atoms with Crippen molar-refractivity contribution < 1.29 is 8.42 Å². The molecule has 2 rings (SSSR count). The van der Waals surface area contributed by atoms with Gasteiger partial charge in [0.1, 0.15) is 4.90 Å². The molecule has 0 radical (unpaired) electrons. The summed E-state index contributed by atoms with van der Waals surface area (Å²) in [5.41, 5.74) is 3.01. The number of para-hydroxylation sites is 1. The molecule has 0 fully saturated rings. The van der Waals surface area contributed by atoms with Crippen LogP contribution >= 0.6 is 27.5 Å². The van der Waals surface area contributed by atoms with E-state index in [0.29, 0.717) is 20.9 Å². The number of hydrogen-bond acceptors (Lipinski definition) is 4. The molecule has 0 amide bonds. The van der Waals surface area contributed by atoms with Gasteiger partial charge in [0.05, 0.1) is 11.4 Å². The first kappa shape index (κ1) is 15.1. The van der Waals surface area contributed by atoms with Gasteiger partial charge in [0, 0.05) is 9.50 Å². The molecule has 2 aromatic carbocycles. The normalized spacial score (nSPS) is 11.2. The minimum absolute atomic E-state index is 0.0503. The van der Waals surface area contributed by atoms with E-state index in [1.807, 2.05) is 0 Å². The van der Waals surface area contributed by atoms with Crippen molar-refractivity contribution in [3.05, 3.63) is 52.0 Å². The zero-order chi connectivity index (χ0) is 14.8. The Hall–Kier alpha value is -1.28. The van der Waals surface area contributed by atoms with Gasteiger partial charge in [-0.2, -0.15) is 0 Å². The van der Waals surface area contributed by atoms with Gasteiger partial charge in [-0.25, -0.2) is 8.42 Å².